The molecule has 0 spiro atoms. The SMILES string of the molecule is N#CC(=Cc1ccc(-c2ccc(C(=O)O)cc2)o1)c1nc2ccccc2c(=O)[nH]1. The molecule has 0 aliphatic heterocycles. The number of aromatic amines is 1. The zero-order chi connectivity index (χ0) is 20.4. The van der Waals surface area contributed by atoms with Crippen molar-refractivity contribution in [1.29, 1.82) is 5.26 Å². The molecule has 0 fully saturated rings. The number of carboxylic acids is 1. The molecule has 0 aliphatic carbocycles. The number of aromatic nitrogens is 2. The van der Waals surface area contributed by atoms with E-state index in [1.165, 1.54) is 18.2 Å². The predicted molar refractivity (Wildman–Crippen MR) is 107 cm³/mol. The fraction of sp³-hybridized carbons (Fsp3) is 0. The van der Waals surface area contributed by atoms with Gasteiger partial charge in [0, 0.05) is 11.6 Å². The molecular weight excluding hydrogens is 370 g/mol. The Morgan fingerprint density at radius 3 is 2.59 bits per heavy atom. The number of fused-ring (bicyclic) bond motifs is 1. The number of nitrogens with one attached hydrogen (secondary N) is 1. The van der Waals surface area contributed by atoms with Gasteiger partial charge in [-0.2, -0.15) is 5.26 Å². The summed E-state index contributed by atoms with van der Waals surface area (Å²) in [5.74, 6) is 0.0650. The van der Waals surface area contributed by atoms with Gasteiger partial charge in [-0.15, -0.1) is 0 Å². The van der Waals surface area contributed by atoms with Crippen molar-refractivity contribution in [3.63, 3.8) is 0 Å². The first-order valence-corrected chi connectivity index (χ1v) is 8.60. The van der Waals surface area contributed by atoms with Gasteiger partial charge in [-0.25, -0.2) is 9.78 Å². The zero-order valence-corrected chi connectivity index (χ0v) is 14.9. The normalized spacial score (nSPS) is 11.3. The van der Waals surface area contributed by atoms with E-state index in [0.717, 1.165) is 0 Å². The van der Waals surface area contributed by atoms with Crippen molar-refractivity contribution in [2.45, 2.75) is 0 Å². The van der Waals surface area contributed by atoms with Crippen molar-refractivity contribution in [1.82, 2.24) is 9.97 Å². The number of carbonyl (C=O) groups is 1. The van der Waals surface area contributed by atoms with E-state index >= 15 is 0 Å². The molecule has 2 heterocycles. The summed E-state index contributed by atoms with van der Waals surface area (Å²) in [7, 11) is 0. The Labute approximate surface area is 164 Å². The first-order chi connectivity index (χ1) is 14.0. The molecule has 2 N–H and O–H groups in total. The first-order valence-electron chi connectivity index (χ1n) is 8.60. The van der Waals surface area contributed by atoms with Crippen molar-refractivity contribution in [2.24, 2.45) is 0 Å². The minimum atomic E-state index is -1.00. The summed E-state index contributed by atoms with van der Waals surface area (Å²) in [6.45, 7) is 0. The molecule has 7 heteroatoms. The number of nitrogens with zero attached hydrogens (tertiary/aromatic N) is 2. The minimum Gasteiger partial charge on any atom is -0.478 e. The highest BCUT2D eigenvalue weighted by Gasteiger charge is 2.11. The summed E-state index contributed by atoms with van der Waals surface area (Å²) in [6.07, 6.45) is 1.49. The van der Waals surface area contributed by atoms with E-state index < -0.39 is 5.97 Å². The number of allylic oxidation sites excluding steroid dienone is 1. The molecule has 29 heavy (non-hydrogen) atoms. The van der Waals surface area contributed by atoms with Crippen LogP contribution in [0.15, 0.2) is 69.9 Å². The lowest BCUT2D eigenvalue weighted by molar-refractivity contribution is 0.0697. The lowest BCUT2D eigenvalue weighted by Crippen LogP contribution is -2.11. The predicted octanol–water partition coefficient (Wildman–Crippen LogP) is 3.95. The summed E-state index contributed by atoms with van der Waals surface area (Å²) >= 11 is 0. The van der Waals surface area contributed by atoms with Gasteiger partial charge in [-0.05, 0) is 36.4 Å². The highest BCUT2D eigenvalue weighted by atomic mass is 16.4. The fourth-order valence-corrected chi connectivity index (χ4v) is 2.87. The molecule has 4 rings (SSSR count). The van der Waals surface area contributed by atoms with Crippen LogP contribution >= 0.6 is 0 Å². The Morgan fingerprint density at radius 2 is 1.86 bits per heavy atom. The smallest absolute Gasteiger partial charge is 0.335 e. The Hall–Kier alpha value is -4.44. The highest BCUT2D eigenvalue weighted by Crippen LogP contribution is 2.25. The number of furan rings is 1. The number of rotatable bonds is 4. The molecule has 0 saturated carbocycles. The molecule has 0 atom stereocenters. The second-order valence-corrected chi connectivity index (χ2v) is 6.19. The molecule has 4 aromatic rings. The van der Waals surface area contributed by atoms with Crippen LogP contribution in [0.4, 0.5) is 0 Å². The Kier molecular flexibility index (Phi) is 4.51. The van der Waals surface area contributed by atoms with E-state index in [1.54, 1.807) is 48.5 Å². The molecule has 0 amide bonds. The quantitative estimate of drug-likeness (QED) is 0.515. The Balaban J connectivity index is 1.69. The van der Waals surface area contributed by atoms with Crippen LogP contribution in [0.25, 0.3) is 33.9 Å². The lowest BCUT2D eigenvalue weighted by Gasteiger charge is -2.01. The van der Waals surface area contributed by atoms with Crippen molar-refractivity contribution in [3.8, 4) is 17.4 Å². The summed E-state index contributed by atoms with van der Waals surface area (Å²) < 4.78 is 5.75. The number of carboxylic acid groups (broad SMARTS) is 1. The molecule has 0 saturated heterocycles. The monoisotopic (exact) mass is 383 g/mol. The number of benzene rings is 2. The maximum absolute atomic E-state index is 12.2. The zero-order valence-electron chi connectivity index (χ0n) is 14.9. The Bertz CT molecular complexity index is 1360. The summed E-state index contributed by atoms with van der Waals surface area (Å²) in [5.41, 5.74) is 1.19. The van der Waals surface area contributed by atoms with Gasteiger partial charge < -0.3 is 14.5 Å². The van der Waals surface area contributed by atoms with Gasteiger partial charge in [0.05, 0.1) is 22.0 Å². The number of H-pyrrole nitrogens is 1. The molecule has 2 aromatic heterocycles. The van der Waals surface area contributed by atoms with Crippen molar-refractivity contribution >= 4 is 28.5 Å². The van der Waals surface area contributed by atoms with Crippen LogP contribution in [-0.2, 0) is 0 Å². The van der Waals surface area contributed by atoms with E-state index in [4.69, 9.17) is 9.52 Å². The topological polar surface area (TPSA) is 120 Å². The Morgan fingerprint density at radius 1 is 1.10 bits per heavy atom. The molecule has 0 bridgehead atoms. The summed E-state index contributed by atoms with van der Waals surface area (Å²) in [6, 6.07) is 18.6. The van der Waals surface area contributed by atoms with Gasteiger partial charge >= 0.3 is 5.97 Å². The van der Waals surface area contributed by atoms with Gasteiger partial charge in [0.2, 0.25) is 0 Å². The number of para-hydroxylation sites is 1. The van der Waals surface area contributed by atoms with Crippen molar-refractivity contribution in [2.75, 3.05) is 0 Å². The molecular formula is C22H13N3O4. The summed E-state index contributed by atoms with van der Waals surface area (Å²) in [5, 5.41) is 19.0. The van der Waals surface area contributed by atoms with E-state index in [2.05, 4.69) is 9.97 Å². The maximum atomic E-state index is 12.2. The third-order valence-corrected chi connectivity index (χ3v) is 4.32. The van der Waals surface area contributed by atoms with Crippen LogP contribution in [0, 0.1) is 11.3 Å². The largest absolute Gasteiger partial charge is 0.478 e. The second-order valence-electron chi connectivity index (χ2n) is 6.19. The van der Waals surface area contributed by atoms with Gasteiger partial charge in [0.25, 0.3) is 5.56 Å². The number of hydrogen-bond donors (Lipinski definition) is 2. The number of hydrogen-bond acceptors (Lipinski definition) is 5. The van der Waals surface area contributed by atoms with E-state index in [9.17, 15) is 14.9 Å². The van der Waals surface area contributed by atoms with Crippen LogP contribution in [0.2, 0.25) is 0 Å². The third kappa shape index (κ3) is 3.55. The van der Waals surface area contributed by atoms with Gasteiger partial charge in [0.15, 0.2) is 5.82 Å². The van der Waals surface area contributed by atoms with E-state index in [0.29, 0.717) is 28.0 Å². The lowest BCUT2D eigenvalue weighted by atomic mass is 10.1. The van der Waals surface area contributed by atoms with Crippen LogP contribution in [0.3, 0.4) is 0 Å². The maximum Gasteiger partial charge on any atom is 0.335 e. The van der Waals surface area contributed by atoms with E-state index in [1.807, 2.05) is 6.07 Å². The fourth-order valence-electron chi connectivity index (χ4n) is 2.87. The molecule has 7 nitrogen and oxygen atoms in total. The highest BCUT2D eigenvalue weighted by molar-refractivity contribution is 5.89. The molecule has 0 radical (unpaired) electrons. The van der Waals surface area contributed by atoms with Crippen LogP contribution in [0.1, 0.15) is 21.9 Å². The number of aromatic carboxylic acids is 1. The van der Waals surface area contributed by atoms with Crippen LogP contribution in [0.5, 0.6) is 0 Å². The van der Waals surface area contributed by atoms with Crippen molar-refractivity contribution in [3.05, 3.63) is 88.2 Å². The van der Waals surface area contributed by atoms with Gasteiger partial charge in [-0.3, -0.25) is 4.79 Å². The van der Waals surface area contributed by atoms with Gasteiger partial charge in [-0.1, -0.05) is 24.3 Å². The minimum absolute atomic E-state index is 0.148. The molecule has 0 unspecified atom stereocenters. The second kappa shape index (κ2) is 7.29. The molecule has 0 aliphatic rings. The molecule has 140 valence electrons. The van der Waals surface area contributed by atoms with Crippen LogP contribution in [-0.4, -0.2) is 21.0 Å². The van der Waals surface area contributed by atoms with E-state index in [-0.39, 0.29) is 22.5 Å². The summed E-state index contributed by atoms with van der Waals surface area (Å²) in [4.78, 5) is 30.2. The first kappa shape index (κ1) is 17.9. The average molecular weight is 383 g/mol. The van der Waals surface area contributed by atoms with Gasteiger partial charge in [0.1, 0.15) is 17.6 Å². The third-order valence-electron chi connectivity index (χ3n) is 4.32. The molecule has 2 aromatic carbocycles. The standard InChI is InChI=1S/C22H13N3O4/c23-12-15(20-24-18-4-2-1-3-17(18)21(26)25-20)11-16-9-10-19(29-16)13-5-7-14(8-6-13)22(27)28/h1-11H,(H,27,28)(H,24,25,26). The number of nitriles is 1. The van der Waals surface area contributed by atoms with Crippen molar-refractivity contribution < 1.29 is 14.3 Å². The average Bonchev–Trinajstić information content (AvgIpc) is 3.20. The van der Waals surface area contributed by atoms with Crippen LogP contribution < -0.4 is 5.56 Å².